The van der Waals surface area contributed by atoms with E-state index < -0.39 is 29.3 Å². The zero-order chi connectivity index (χ0) is 32.6. The van der Waals surface area contributed by atoms with E-state index in [0.29, 0.717) is 18.4 Å². The fourth-order valence-electron chi connectivity index (χ4n) is 5.70. The molecule has 4 atom stereocenters. The van der Waals surface area contributed by atoms with E-state index >= 15 is 0 Å². The second kappa shape index (κ2) is 11.8. The maximum atomic E-state index is 13.5. The summed E-state index contributed by atoms with van der Waals surface area (Å²) in [5, 5.41) is 19.6. The molecular formula is C31H34F3N5O5. The number of ether oxygens (including phenoxy) is 1. The minimum atomic E-state index is -5.08. The first-order valence-corrected chi connectivity index (χ1v) is 14.0. The molecule has 0 spiro atoms. The summed E-state index contributed by atoms with van der Waals surface area (Å²) in [6, 6.07) is 16.5. The predicted octanol–water partition coefficient (Wildman–Crippen LogP) is 4.61. The highest BCUT2D eigenvalue weighted by Crippen LogP contribution is 2.52. The maximum Gasteiger partial charge on any atom is 0.490 e. The average molecular weight is 614 g/mol. The molecule has 10 nitrogen and oxygen atoms in total. The number of guanidine groups is 1. The van der Waals surface area contributed by atoms with Crippen LogP contribution in [0.15, 0.2) is 53.5 Å². The van der Waals surface area contributed by atoms with E-state index in [4.69, 9.17) is 20.4 Å². The lowest BCUT2D eigenvalue weighted by atomic mass is 9.89. The number of hydrogen-bond acceptors (Lipinski definition) is 7. The van der Waals surface area contributed by atoms with E-state index in [1.165, 1.54) is 0 Å². The van der Waals surface area contributed by atoms with Crippen LogP contribution in [0.25, 0.3) is 0 Å². The third-order valence-corrected chi connectivity index (χ3v) is 7.69. The van der Waals surface area contributed by atoms with Crippen molar-refractivity contribution < 1.29 is 37.4 Å². The van der Waals surface area contributed by atoms with Gasteiger partial charge in [0.15, 0.2) is 5.96 Å². The third-order valence-electron chi connectivity index (χ3n) is 7.69. The van der Waals surface area contributed by atoms with Crippen molar-refractivity contribution in [2.75, 3.05) is 0 Å². The smallest absolute Gasteiger partial charge is 0.487 e. The number of nitrogens with zero attached hydrogens (tertiary/aromatic N) is 3. The van der Waals surface area contributed by atoms with Crippen LogP contribution in [0.5, 0.6) is 5.75 Å². The first kappa shape index (κ1) is 32.3. The van der Waals surface area contributed by atoms with Crippen LogP contribution in [-0.2, 0) is 14.4 Å². The molecule has 0 radical (unpaired) electrons. The SMILES string of the molecule is CC1(C)CC(=O)N(C(c2ccc(C#N)cc2)[C@@H]2C[C@H]2C(=O)N[C@@H]2CC(C)(C)Oc3ccccc32)C(N)=N1.O=C(O)C(F)(F)F. The Hall–Kier alpha value is -4.60. The van der Waals surface area contributed by atoms with Crippen LogP contribution < -0.4 is 15.8 Å². The molecule has 1 unspecified atom stereocenters. The molecule has 0 aromatic heterocycles. The van der Waals surface area contributed by atoms with Gasteiger partial charge in [-0.2, -0.15) is 18.4 Å². The largest absolute Gasteiger partial charge is 0.490 e. The fourth-order valence-corrected chi connectivity index (χ4v) is 5.70. The summed E-state index contributed by atoms with van der Waals surface area (Å²) in [5.74, 6) is -2.34. The minimum Gasteiger partial charge on any atom is -0.487 e. The van der Waals surface area contributed by atoms with Gasteiger partial charge in [0.1, 0.15) is 11.4 Å². The van der Waals surface area contributed by atoms with Crippen LogP contribution in [0.4, 0.5) is 13.2 Å². The Labute approximate surface area is 252 Å². The van der Waals surface area contributed by atoms with E-state index in [-0.39, 0.29) is 42.1 Å². The topological polar surface area (TPSA) is 158 Å². The quantitative estimate of drug-likeness (QED) is 0.444. The summed E-state index contributed by atoms with van der Waals surface area (Å²) >= 11 is 0. The summed E-state index contributed by atoms with van der Waals surface area (Å²) in [7, 11) is 0. The molecule has 1 aliphatic carbocycles. The second-order valence-corrected chi connectivity index (χ2v) is 12.4. The third kappa shape index (κ3) is 7.30. The summed E-state index contributed by atoms with van der Waals surface area (Å²) in [5.41, 5.74) is 7.71. The highest BCUT2D eigenvalue weighted by Gasteiger charge is 2.53. The van der Waals surface area contributed by atoms with Crippen LogP contribution in [-0.4, -0.2) is 51.1 Å². The summed E-state index contributed by atoms with van der Waals surface area (Å²) < 4.78 is 37.9. The van der Waals surface area contributed by atoms with Gasteiger partial charge in [-0.25, -0.2) is 9.79 Å². The molecule has 0 bridgehead atoms. The number of carboxylic acid groups (broad SMARTS) is 1. The number of halogens is 3. The fraction of sp³-hybridized carbons (Fsp3) is 0.452. The van der Waals surface area contributed by atoms with Crippen molar-refractivity contribution >= 4 is 23.7 Å². The molecule has 5 rings (SSSR count). The number of fused-ring (bicyclic) bond motifs is 1. The Kier molecular flexibility index (Phi) is 8.68. The molecule has 2 amide bonds. The number of hydrogen-bond donors (Lipinski definition) is 3. The highest BCUT2D eigenvalue weighted by atomic mass is 19.4. The van der Waals surface area contributed by atoms with Gasteiger partial charge in [0.05, 0.1) is 35.7 Å². The van der Waals surface area contributed by atoms with Crippen LogP contribution in [0.3, 0.4) is 0 Å². The van der Waals surface area contributed by atoms with Gasteiger partial charge in [0, 0.05) is 17.9 Å². The molecule has 2 aromatic rings. The molecule has 4 N–H and O–H groups in total. The van der Waals surface area contributed by atoms with Gasteiger partial charge in [0.2, 0.25) is 11.8 Å². The van der Waals surface area contributed by atoms with Crippen molar-refractivity contribution in [2.45, 2.75) is 76.4 Å². The van der Waals surface area contributed by atoms with Crippen LogP contribution in [0, 0.1) is 23.2 Å². The lowest BCUT2D eigenvalue weighted by molar-refractivity contribution is -0.192. The van der Waals surface area contributed by atoms with Gasteiger partial charge in [-0.05, 0) is 63.8 Å². The van der Waals surface area contributed by atoms with Crippen LogP contribution >= 0.6 is 0 Å². The van der Waals surface area contributed by atoms with E-state index in [2.05, 4.69) is 16.4 Å². The van der Waals surface area contributed by atoms with Crippen molar-refractivity contribution in [2.24, 2.45) is 22.6 Å². The summed E-state index contributed by atoms with van der Waals surface area (Å²) in [6.45, 7) is 7.81. The van der Waals surface area contributed by atoms with E-state index in [1.807, 2.05) is 64.1 Å². The number of rotatable bonds is 5. The van der Waals surface area contributed by atoms with Gasteiger partial charge < -0.3 is 20.9 Å². The van der Waals surface area contributed by atoms with Crippen molar-refractivity contribution in [1.29, 1.82) is 5.26 Å². The van der Waals surface area contributed by atoms with Gasteiger partial charge in [-0.15, -0.1) is 0 Å². The molecule has 0 saturated heterocycles. The average Bonchev–Trinajstić information content (AvgIpc) is 3.70. The lowest BCUT2D eigenvalue weighted by Gasteiger charge is -2.39. The number of nitrogens with one attached hydrogen (secondary N) is 1. The number of aliphatic imine (C=N–C) groups is 1. The highest BCUT2D eigenvalue weighted by molar-refractivity contribution is 5.99. The summed E-state index contributed by atoms with van der Waals surface area (Å²) in [4.78, 5) is 41.8. The Bertz CT molecular complexity index is 1510. The molecule has 3 aliphatic rings. The number of carbonyl (C=O) groups excluding carboxylic acids is 2. The predicted molar refractivity (Wildman–Crippen MR) is 153 cm³/mol. The first-order chi connectivity index (χ1) is 20.4. The number of nitrogens with two attached hydrogens (primary N) is 1. The number of carboxylic acids is 1. The number of nitriles is 1. The maximum absolute atomic E-state index is 13.5. The molecule has 2 aliphatic heterocycles. The molecule has 2 heterocycles. The van der Waals surface area contributed by atoms with Crippen molar-refractivity contribution in [1.82, 2.24) is 10.2 Å². The molecule has 1 saturated carbocycles. The number of para-hydroxylation sites is 1. The second-order valence-electron chi connectivity index (χ2n) is 12.4. The first-order valence-electron chi connectivity index (χ1n) is 14.0. The Balaban J connectivity index is 0.000000566. The van der Waals surface area contributed by atoms with Gasteiger partial charge >= 0.3 is 12.1 Å². The van der Waals surface area contributed by atoms with Crippen molar-refractivity contribution in [3.05, 3.63) is 65.2 Å². The zero-order valence-corrected chi connectivity index (χ0v) is 24.7. The van der Waals surface area contributed by atoms with Crippen LogP contribution in [0.2, 0.25) is 0 Å². The van der Waals surface area contributed by atoms with Crippen LogP contribution in [0.1, 0.15) is 75.7 Å². The van der Waals surface area contributed by atoms with E-state index in [0.717, 1.165) is 16.9 Å². The molecule has 2 aromatic carbocycles. The molecule has 1 fully saturated rings. The number of aliphatic carboxylic acids is 1. The number of amides is 2. The Morgan fingerprint density at radius 2 is 1.77 bits per heavy atom. The van der Waals surface area contributed by atoms with Crippen molar-refractivity contribution in [3.8, 4) is 11.8 Å². The van der Waals surface area contributed by atoms with Gasteiger partial charge in [0.25, 0.3) is 0 Å². The monoisotopic (exact) mass is 613 g/mol. The summed E-state index contributed by atoms with van der Waals surface area (Å²) in [6.07, 6.45) is -3.56. The zero-order valence-electron chi connectivity index (χ0n) is 24.7. The van der Waals surface area contributed by atoms with E-state index in [9.17, 15) is 28.0 Å². The van der Waals surface area contributed by atoms with Gasteiger partial charge in [-0.1, -0.05) is 30.3 Å². The number of carbonyl (C=O) groups is 3. The normalized spacial score (nSPS) is 23.8. The van der Waals surface area contributed by atoms with Gasteiger partial charge in [-0.3, -0.25) is 14.5 Å². The Morgan fingerprint density at radius 3 is 2.34 bits per heavy atom. The molecule has 13 heteroatoms. The number of benzene rings is 2. The lowest BCUT2D eigenvalue weighted by Crippen LogP contribution is -2.52. The molecular weight excluding hydrogens is 579 g/mol. The minimum absolute atomic E-state index is 0.0403. The number of alkyl halides is 3. The van der Waals surface area contributed by atoms with Crippen molar-refractivity contribution in [3.63, 3.8) is 0 Å². The molecule has 44 heavy (non-hydrogen) atoms. The van der Waals surface area contributed by atoms with E-state index in [1.54, 1.807) is 17.0 Å². The molecule has 234 valence electrons. The standard InChI is InChI=1S/C29H33N5O3.C2HF3O2/c1-28(2)15-24(35)34(27(31)33-28)25(18-11-9-17(16-30)10-12-18)20-13-21(20)26(36)32-22-14-29(3,4)37-23-8-6-5-7-19(22)23;3-2(4,5)1(6)7/h5-12,20-22,25H,13-15H2,1-4H3,(H2,31,33)(H,32,36);(H,6,7)/t20-,21-,22-,25?;/m1./s1. The Morgan fingerprint density at radius 1 is 1.16 bits per heavy atom.